The van der Waals surface area contributed by atoms with Crippen LogP contribution in [-0.2, 0) is 30.1 Å². The molecule has 0 atom stereocenters. The highest BCUT2D eigenvalue weighted by Gasteiger charge is 2.23. The van der Waals surface area contributed by atoms with Gasteiger partial charge >= 0.3 is 0 Å². The molecule has 0 saturated carbocycles. The van der Waals surface area contributed by atoms with E-state index in [2.05, 4.69) is 0 Å². The molecule has 0 aromatic heterocycles. The number of sulfone groups is 1. The molecule has 0 fully saturated rings. The number of benzene rings is 4. The van der Waals surface area contributed by atoms with E-state index in [4.69, 9.17) is 27.9 Å². The summed E-state index contributed by atoms with van der Waals surface area (Å²) in [7, 11) is -13.6. The molecule has 188 valence electrons. The van der Waals surface area contributed by atoms with Gasteiger partial charge in [0, 0.05) is 10.4 Å². The van der Waals surface area contributed by atoms with Gasteiger partial charge in [-0.05, 0) is 72.1 Å². The molecule has 4 aromatic rings. The summed E-state index contributed by atoms with van der Waals surface area (Å²) in [6.07, 6.45) is 0. The van der Waals surface area contributed by atoms with Crippen LogP contribution in [0.2, 0.25) is 10.0 Å². The highest BCUT2D eigenvalue weighted by atomic mass is 35.5. The van der Waals surface area contributed by atoms with E-state index in [9.17, 15) is 34.4 Å². The van der Waals surface area contributed by atoms with E-state index in [0.717, 1.165) is 6.07 Å². The van der Waals surface area contributed by atoms with Crippen LogP contribution in [-0.4, -0.2) is 34.4 Å². The first kappa shape index (κ1) is 26.4. The van der Waals surface area contributed by atoms with Crippen molar-refractivity contribution in [2.24, 2.45) is 0 Å². The van der Waals surface area contributed by atoms with E-state index in [-0.39, 0.29) is 42.1 Å². The fraction of sp³-hybridized carbons (Fsp3) is 0. The van der Waals surface area contributed by atoms with E-state index in [0.29, 0.717) is 6.07 Å². The summed E-state index contributed by atoms with van der Waals surface area (Å²) < 4.78 is 97.1. The number of fused-ring (bicyclic) bond motifs is 1. The van der Waals surface area contributed by atoms with Gasteiger partial charge in [-0.15, -0.1) is 0 Å². The minimum absolute atomic E-state index is 0.00249. The minimum Gasteiger partial charge on any atom is -0.457 e. The van der Waals surface area contributed by atoms with Crippen LogP contribution in [0.25, 0.3) is 10.8 Å². The number of hydrogen-bond acceptors (Lipinski definition) is 7. The van der Waals surface area contributed by atoms with Gasteiger partial charge in [-0.1, -0.05) is 29.3 Å². The Morgan fingerprint density at radius 1 is 0.611 bits per heavy atom. The van der Waals surface area contributed by atoms with Gasteiger partial charge in [-0.25, -0.2) is 8.42 Å². The summed E-state index contributed by atoms with van der Waals surface area (Å²) in [5.41, 5.74) is 0. The number of rotatable bonds is 6. The second-order valence-corrected chi connectivity index (χ2v) is 13.0. The SMILES string of the molecule is O=S(=O)(O)c1cc(S(=O)(=O)O)c2cc(Oc3ccc(S(=O)(=O)c4cc(Cl)ccc4Cl)cc3)ccc2c1. The maximum Gasteiger partial charge on any atom is 0.295 e. The lowest BCUT2D eigenvalue weighted by atomic mass is 10.1. The Kier molecular flexibility index (Phi) is 6.81. The third-order valence-corrected chi connectivity index (χ3v) is 9.20. The highest BCUT2D eigenvalue weighted by Crippen LogP contribution is 2.34. The standard InChI is InChI=1S/C22H14Cl2O9S3/c23-14-2-8-20(24)22(10-14)34(25,26)17-6-4-15(5-7-17)33-16-3-1-13-9-18(35(27,28)29)12-21(19(13)11-16)36(30,31)32/h1-12H,(H,27,28,29)(H,30,31,32). The maximum absolute atomic E-state index is 12.9. The summed E-state index contributed by atoms with van der Waals surface area (Å²) >= 11 is 11.9. The average Bonchev–Trinajstić information content (AvgIpc) is 2.79. The van der Waals surface area contributed by atoms with E-state index < -0.39 is 39.9 Å². The molecule has 9 nitrogen and oxygen atoms in total. The van der Waals surface area contributed by atoms with Crippen molar-refractivity contribution in [3.63, 3.8) is 0 Å². The molecule has 0 radical (unpaired) electrons. The molecule has 0 bridgehead atoms. The van der Waals surface area contributed by atoms with Crippen LogP contribution in [0.1, 0.15) is 0 Å². The van der Waals surface area contributed by atoms with Gasteiger partial charge in [-0.2, -0.15) is 16.8 Å². The fourth-order valence-corrected chi connectivity index (χ4v) is 6.70. The van der Waals surface area contributed by atoms with Crippen molar-refractivity contribution in [1.82, 2.24) is 0 Å². The van der Waals surface area contributed by atoms with Crippen LogP contribution in [0.5, 0.6) is 11.5 Å². The van der Waals surface area contributed by atoms with Crippen molar-refractivity contribution < 1.29 is 39.1 Å². The van der Waals surface area contributed by atoms with Crippen LogP contribution in [0.15, 0.2) is 92.4 Å². The second kappa shape index (κ2) is 9.30. The van der Waals surface area contributed by atoms with Crippen molar-refractivity contribution in [2.45, 2.75) is 19.6 Å². The van der Waals surface area contributed by atoms with Gasteiger partial charge in [0.15, 0.2) is 0 Å². The van der Waals surface area contributed by atoms with Gasteiger partial charge in [-0.3, -0.25) is 9.11 Å². The Morgan fingerprint density at radius 2 is 1.25 bits per heavy atom. The summed E-state index contributed by atoms with van der Waals surface area (Å²) in [6, 6.07) is 15.0. The van der Waals surface area contributed by atoms with E-state index >= 15 is 0 Å². The Hall–Kier alpha value is -2.71. The summed E-state index contributed by atoms with van der Waals surface area (Å²) in [5, 5.41) is 0.215. The third kappa shape index (κ3) is 5.34. The maximum atomic E-state index is 12.9. The minimum atomic E-state index is -4.87. The van der Waals surface area contributed by atoms with Crippen LogP contribution in [0.4, 0.5) is 0 Å². The molecule has 0 amide bonds. The predicted octanol–water partition coefficient (Wildman–Crippen LogP) is 5.27. The first-order valence-electron chi connectivity index (χ1n) is 9.67. The largest absolute Gasteiger partial charge is 0.457 e. The molecule has 0 saturated heterocycles. The zero-order valence-corrected chi connectivity index (χ0v) is 21.6. The zero-order valence-electron chi connectivity index (χ0n) is 17.7. The average molecular weight is 589 g/mol. The number of ether oxygens (including phenoxy) is 1. The van der Waals surface area contributed by atoms with Gasteiger partial charge in [0.05, 0.1) is 19.7 Å². The van der Waals surface area contributed by atoms with Crippen molar-refractivity contribution in [2.75, 3.05) is 0 Å². The molecule has 0 spiro atoms. The number of halogens is 2. The lowest BCUT2D eigenvalue weighted by Crippen LogP contribution is -2.04. The first-order valence-corrected chi connectivity index (χ1v) is 14.8. The Morgan fingerprint density at radius 3 is 1.86 bits per heavy atom. The van der Waals surface area contributed by atoms with Gasteiger partial charge < -0.3 is 4.74 Å². The zero-order chi connectivity index (χ0) is 26.5. The molecule has 0 aliphatic carbocycles. The van der Waals surface area contributed by atoms with Crippen molar-refractivity contribution in [3.8, 4) is 11.5 Å². The molecule has 14 heteroatoms. The molecule has 0 aliphatic rings. The van der Waals surface area contributed by atoms with Gasteiger partial charge in [0.2, 0.25) is 9.84 Å². The molecule has 0 unspecified atom stereocenters. The predicted molar refractivity (Wildman–Crippen MR) is 132 cm³/mol. The quantitative estimate of drug-likeness (QED) is 0.287. The molecule has 2 N–H and O–H groups in total. The first-order chi connectivity index (χ1) is 16.7. The molecule has 36 heavy (non-hydrogen) atoms. The smallest absolute Gasteiger partial charge is 0.295 e. The summed E-state index contributed by atoms with van der Waals surface area (Å²) in [5.74, 6) is 0.286. The van der Waals surface area contributed by atoms with E-state index in [1.54, 1.807) is 0 Å². The van der Waals surface area contributed by atoms with E-state index in [1.165, 1.54) is 60.7 Å². The van der Waals surface area contributed by atoms with Crippen molar-refractivity contribution in [3.05, 3.63) is 82.8 Å². The molecule has 4 rings (SSSR count). The lowest BCUT2D eigenvalue weighted by Gasteiger charge is -2.11. The van der Waals surface area contributed by atoms with Crippen LogP contribution in [0.3, 0.4) is 0 Å². The van der Waals surface area contributed by atoms with Crippen molar-refractivity contribution >= 4 is 64.0 Å². The van der Waals surface area contributed by atoms with Gasteiger partial charge in [0.1, 0.15) is 16.4 Å². The fourth-order valence-electron chi connectivity index (χ4n) is 3.34. The lowest BCUT2D eigenvalue weighted by molar-refractivity contribution is 0.481. The number of hydrogen-bond donors (Lipinski definition) is 2. The molecule has 0 aliphatic heterocycles. The normalized spacial score (nSPS) is 12.6. The van der Waals surface area contributed by atoms with Crippen molar-refractivity contribution in [1.29, 1.82) is 0 Å². The van der Waals surface area contributed by atoms with Crippen LogP contribution in [0, 0.1) is 0 Å². The topological polar surface area (TPSA) is 152 Å². The van der Waals surface area contributed by atoms with Crippen LogP contribution >= 0.6 is 23.2 Å². The highest BCUT2D eigenvalue weighted by molar-refractivity contribution is 7.91. The Labute approximate surface area is 216 Å². The molecule has 0 heterocycles. The van der Waals surface area contributed by atoms with E-state index in [1.807, 2.05) is 0 Å². The van der Waals surface area contributed by atoms with Crippen LogP contribution < -0.4 is 4.74 Å². The molecular weight excluding hydrogens is 575 g/mol. The summed E-state index contributed by atoms with van der Waals surface area (Å²) in [4.78, 5) is -1.71. The summed E-state index contributed by atoms with van der Waals surface area (Å²) in [6.45, 7) is 0. The second-order valence-electron chi connectivity index (χ2n) is 7.41. The van der Waals surface area contributed by atoms with Gasteiger partial charge in [0.25, 0.3) is 20.2 Å². The Balaban J connectivity index is 1.70. The Bertz CT molecular complexity index is 1830. The monoisotopic (exact) mass is 588 g/mol. The molecule has 4 aromatic carbocycles. The third-order valence-electron chi connectivity index (χ3n) is 4.99. The molecular formula is C22H14Cl2O9S3.